The van der Waals surface area contributed by atoms with E-state index in [-0.39, 0.29) is 0 Å². The number of nitrogens with zero attached hydrogens (tertiary/aromatic N) is 2. The van der Waals surface area contributed by atoms with E-state index >= 15 is 0 Å². The molecule has 18 heavy (non-hydrogen) atoms. The van der Waals surface area contributed by atoms with Crippen LogP contribution in [0.4, 0.5) is 0 Å². The Hall–Kier alpha value is -1.61. The second kappa shape index (κ2) is 6.36. The molecule has 1 heterocycles. The van der Waals surface area contributed by atoms with E-state index in [1.807, 2.05) is 12.4 Å². The van der Waals surface area contributed by atoms with E-state index in [1.54, 1.807) is 0 Å². The molecule has 0 atom stereocenters. The molecule has 0 saturated heterocycles. The SMILES string of the molecule is CCNCc1ccccc1Cc1nccn1CC. The molecular weight excluding hydrogens is 222 g/mol. The lowest BCUT2D eigenvalue weighted by Crippen LogP contribution is -2.14. The van der Waals surface area contributed by atoms with Gasteiger partial charge in [-0.3, -0.25) is 0 Å². The van der Waals surface area contributed by atoms with E-state index < -0.39 is 0 Å². The maximum Gasteiger partial charge on any atom is 0.113 e. The number of nitrogens with one attached hydrogen (secondary N) is 1. The quantitative estimate of drug-likeness (QED) is 0.845. The second-order valence-electron chi connectivity index (χ2n) is 4.36. The van der Waals surface area contributed by atoms with Gasteiger partial charge in [0.2, 0.25) is 0 Å². The summed E-state index contributed by atoms with van der Waals surface area (Å²) in [4.78, 5) is 4.45. The average Bonchev–Trinajstić information content (AvgIpc) is 2.85. The molecule has 0 radical (unpaired) electrons. The van der Waals surface area contributed by atoms with Crippen LogP contribution in [0.25, 0.3) is 0 Å². The molecular formula is C15H21N3. The summed E-state index contributed by atoms with van der Waals surface area (Å²) in [5, 5.41) is 3.39. The first-order chi connectivity index (χ1) is 8.85. The molecule has 1 aromatic heterocycles. The zero-order valence-corrected chi connectivity index (χ0v) is 11.2. The van der Waals surface area contributed by atoms with Gasteiger partial charge in [0, 0.05) is 31.9 Å². The number of aromatic nitrogens is 2. The van der Waals surface area contributed by atoms with Crippen molar-refractivity contribution in [1.82, 2.24) is 14.9 Å². The summed E-state index contributed by atoms with van der Waals surface area (Å²) in [6, 6.07) is 8.59. The van der Waals surface area contributed by atoms with E-state index in [1.165, 1.54) is 11.1 Å². The summed E-state index contributed by atoms with van der Waals surface area (Å²) in [6.07, 6.45) is 4.83. The van der Waals surface area contributed by atoms with Crippen LogP contribution in [0, 0.1) is 0 Å². The Morgan fingerprint density at radius 1 is 1.17 bits per heavy atom. The van der Waals surface area contributed by atoms with Gasteiger partial charge in [0.1, 0.15) is 5.82 Å². The smallest absolute Gasteiger partial charge is 0.113 e. The largest absolute Gasteiger partial charge is 0.335 e. The van der Waals surface area contributed by atoms with Crippen LogP contribution in [-0.4, -0.2) is 16.1 Å². The van der Waals surface area contributed by atoms with Crippen LogP contribution in [0.15, 0.2) is 36.7 Å². The Morgan fingerprint density at radius 2 is 1.94 bits per heavy atom. The Balaban J connectivity index is 2.18. The number of imidazole rings is 1. The lowest BCUT2D eigenvalue weighted by molar-refractivity contribution is 0.699. The van der Waals surface area contributed by atoms with Gasteiger partial charge in [-0.2, -0.15) is 0 Å². The van der Waals surface area contributed by atoms with Gasteiger partial charge in [-0.15, -0.1) is 0 Å². The van der Waals surface area contributed by atoms with E-state index in [4.69, 9.17) is 0 Å². The molecule has 0 bridgehead atoms. The summed E-state index contributed by atoms with van der Waals surface area (Å²) in [5.74, 6) is 1.14. The van der Waals surface area contributed by atoms with Crippen molar-refractivity contribution in [3.63, 3.8) is 0 Å². The van der Waals surface area contributed by atoms with Crippen LogP contribution in [-0.2, 0) is 19.5 Å². The molecule has 0 aliphatic carbocycles. The highest BCUT2D eigenvalue weighted by Crippen LogP contribution is 2.13. The third-order valence-electron chi connectivity index (χ3n) is 3.17. The number of benzene rings is 1. The van der Waals surface area contributed by atoms with Gasteiger partial charge in [0.05, 0.1) is 0 Å². The zero-order valence-electron chi connectivity index (χ0n) is 11.2. The summed E-state index contributed by atoms with van der Waals surface area (Å²) >= 11 is 0. The highest BCUT2D eigenvalue weighted by molar-refractivity contribution is 5.29. The molecule has 0 saturated carbocycles. The zero-order chi connectivity index (χ0) is 12.8. The molecule has 0 spiro atoms. The van der Waals surface area contributed by atoms with Gasteiger partial charge in [-0.05, 0) is 24.6 Å². The number of hydrogen-bond donors (Lipinski definition) is 1. The highest BCUT2D eigenvalue weighted by atomic mass is 15.0. The Kier molecular flexibility index (Phi) is 4.53. The molecule has 0 amide bonds. The first kappa shape index (κ1) is 12.8. The van der Waals surface area contributed by atoms with Gasteiger partial charge in [-0.1, -0.05) is 31.2 Å². The van der Waals surface area contributed by atoms with Crippen LogP contribution >= 0.6 is 0 Å². The molecule has 3 heteroatoms. The van der Waals surface area contributed by atoms with Crippen molar-refractivity contribution in [2.24, 2.45) is 0 Å². The van der Waals surface area contributed by atoms with E-state index in [9.17, 15) is 0 Å². The molecule has 2 rings (SSSR count). The molecule has 0 aliphatic rings. The average molecular weight is 243 g/mol. The fourth-order valence-electron chi connectivity index (χ4n) is 2.13. The van der Waals surface area contributed by atoms with E-state index in [0.29, 0.717) is 0 Å². The summed E-state index contributed by atoms with van der Waals surface area (Å²) in [7, 11) is 0. The summed E-state index contributed by atoms with van der Waals surface area (Å²) in [6.45, 7) is 7.18. The van der Waals surface area contributed by atoms with Crippen molar-refractivity contribution >= 4 is 0 Å². The Labute approximate surface area is 109 Å². The number of rotatable bonds is 6. The first-order valence-electron chi connectivity index (χ1n) is 6.62. The minimum Gasteiger partial charge on any atom is -0.335 e. The molecule has 0 fully saturated rings. The number of hydrogen-bond acceptors (Lipinski definition) is 2. The predicted molar refractivity (Wildman–Crippen MR) is 74.5 cm³/mol. The van der Waals surface area contributed by atoms with Crippen LogP contribution in [0.1, 0.15) is 30.8 Å². The van der Waals surface area contributed by atoms with Crippen LogP contribution in [0.3, 0.4) is 0 Å². The summed E-state index contributed by atoms with van der Waals surface area (Å²) < 4.78 is 2.20. The fourth-order valence-corrected chi connectivity index (χ4v) is 2.13. The Bertz CT molecular complexity index is 488. The lowest BCUT2D eigenvalue weighted by Gasteiger charge is -2.10. The molecule has 0 unspecified atom stereocenters. The minimum atomic E-state index is 0.905. The van der Waals surface area contributed by atoms with Crippen molar-refractivity contribution in [1.29, 1.82) is 0 Å². The normalized spacial score (nSPS) is 10.8. The van der Waals surface area contributed by atoms with Crippen LogP contribution in [0.2, 0.25) is 0 Å². The molecule has 2 aromatic rings. The maximum atomic E-state index is 4.45. The van der Waals surface area contributed by atoms with Gasteiger partial charge >= 0.3 is 0 Å². The van der Waals surface area contributed by atoms with Gasteiger partial charge < -0.3 is 9.88 Å². The van der Waals surface area contributed by atoms with E-state index in [0.717, 1.165) is 31.9 Å². The molecule has 96 valence electrons. The van der Waals surface area contributed by atoms with Crippen molar-refractivity contribution < 1.29 is 0 Å². The van der Waals surface area contributed by atoms with Gasteiger partial charge in [-0.25, -0.2) is 4.98 Å². The molecule has 3 nitrogen and oxygen atoms in total. The fraction of sp³-hybridized carbons (Fsp3) is 0.400. The topological polar surface area (TPSA) is 29.9 Å². The van der Waals surface area contributed by atoms with Crippen LogP contribution in [0.5, 0.6) is 0 Å². The van der Waals surface area contributed by atoms with Gasteiger partial charge in [0.15, 0.2) is 0 Å². The van der Waals surface area contributed by atoms with Gasteiger partial charge in [0.25, 0.3) is 0 Å². The molecule has 1 N–H and O–H groups in total. The van der Waals surface area contributed by atoms with Crippen molar-refractivity contribution in [3.8, 4) is 0 Å². The molecule has 1 aromatic carbocycles. The lowest BCUT2D eigenvalue weighted by atomic mass is 10.0. The standard InChI is InChI=1S/C15H21N3/c1-3-16-12-14-8-6-5-7-13(14)11-15-17-9-10-18(15)4-2/h5-10,16H,3-4,11-12H2,1-2H3. The van der Waals surface area contributed by atoms with Crippen molar-refractivity contribution in [2.45, 2.75) is 33.4 Å². The predicted octanol–water partition coefficient (Wildman–Crippen LogP) is 2.60. The highest BCUT2D eigenvalue weighted by Gasteiger charge is 2.06. The first-order valence-corrected chi connectivity index (χ1v) is 6.62. The van der Waals surface area contributed by atoms with Crippen molar-refractivity contribution in [2.75, 3.05) is 6.54 Å². The number of aryl methyl sites for hydroxylation is 1. The Morgan fingerprint density at radius 3 is 2.67 bits per heavy atom. The third kappa shape index (κ3) is 2.99. The molecule has 0 aliphatic heterocycles. The van der Waals surface area contributed by atoms with E-state index in [2.05, 4.69) is 53.0 Å². The summed E-state index contributed by atoms with van der Waals surface area (Å²) in [5.41, 5.74) is 2.73. The second-order valence-corrected chi connectivity index (χ2v) is 4.36. The minimum absolute atomic E-state index is 0.905. The maximum absolute atomic E-state index is 4.45. The third-order valence-corrected chi connectivity index (χ3v) is 3.17. The monoisotopic (exact) mass is 243 g/mol. The van der Waals surface area contributed by atoms with Crippen LogP contribution < -0.4 is 5.32 Å². The van der Waals surface area contributed by atoms with Crippen molar-refractivity contribution in [3.05, 3.63) is 53.6 Å².